The van der Waals surface area contributed by atoms with Crippen LogP contribution in [0.1, 0.15) is 24.9 Å². The van der Waals surface area contributed by atoms with Gasteiger partial charge in [-0.05, 0) is 32.0 Å². The molecule has 1 amide bonds. The zero-order valence-corrected chi connectivity index (χ0v) is 10.3. The van der Waals surface area contributed by atoms with Gasteiger partial charge in [0.15, 0.2) is 0 Å². The third-order valence-electron chi connectivity index (χ3n) is 3.10. The van der Waals surface area contributed by atoms with Crippen molar-refractivity contribution in [3.8, 4) is 0 Å². The summed E-state index contributed by atoms with van der Waals surface area (Å²) in [6.07, 6.45) is 0.639. The van der Waals surface area contributed by atoms with Crippen LogP contribution in [0.25, 0.3) is 0 Å². The molecule has 1 fully saturated rings. The van der Waals surface area contributed by atoms with E-state index in [2.05, 4.69) is 12.2 Å². The number of ether oxygens (including phenoxy) is 1. The summed E-state index contributed by atoms with van der Waals surface area (Å²) in [6.45, 7) is 3.33. The second-order valence-corrected chi connectivity index (χ2v) is 4.19. The zero-order valence-electron chi connectivity index (χ0n) is 10.3. The van der Waals surface area contributed by atoms with Crippen LogP contribution >= 0.6 is 0 Å². The van der Waals surface area contributed by atoms with Gasteiger partial charge in [0.05, 0.1) is 12.3 Å². The van der Waals surface area contributed by atoms with Crippen LogP contribution in [0.2, 0.25) is 0 Å². The van der Waals surface area contributed by atoms with Crippen molar-refractivity contribution in [3.63, 3.8) is 0 Å². The lowest BCUT2D eigenvalue weighted by Crippen LogP contribution is -2.38. The van der Waals surface area contributed by atoms with Crippen molar-refractivity contribution in [2.75, 3.05) is 25.1 Å². The number of carbonyl (C=O) groups excluding carboxylic acids is 1. The summed E-state index contributed by atoms with van der Waals surface area (Å²) in [5, 5.41) is 3.20. The number of benzene rings is 1. The number of cyclic esters (lactones) is 1. The fourth-order valence-electron chi connectivity index (χ4n) is 2.03. The van der Waals surface area contributed by atoms with Gasteiger partial charge in [-0.2, -0.15) is 0 Å². The molecule has 92 valence electrons. The molecule has 4 nitrogen and oxygen atoms in total. The SMILES string of the molecule is CNC(C)c1ccccc1N1CCCOC1=O. The van der Waals surface area contributed by atoms with Crippen LogP contribution in [-0.2, 0) is 4.74 Å². The molecule has 1 unspecified atom stereocenters. The van der Waals surface area contributed by atoms with Crippen molar-refractivity contribution in [2.45, 2.75) is 19.4 Å². The quantitative estimate of drug-likeness (QED) is 0.872. The monoisotopic (exact) mass is 234 g/mol. The number of anilines is 1. The molecule has 1 heterocycles. The Kier molecular flexibility index (Phi) is 3.64. The highest BCUT2D eigenvalue weighted by Gasteiger charge is 2.24. The maximum absolute atomic E-state index is 11.7. The predicted octanol–water partition coefficient (Wildman–Crippen LogP) is 2.31. The standard InChI is InChI=1S/C13H18N2O2/c1-10(14-2)11-6-3-4-7-12(11)15-8-5-9-17-13(15)16/h3-4,6-7,10,14H,5,8-9H2,1-2H3. The number of para-hydroxylation sites is 1. The molecule has 0 aliphatic carbocycles. The number of nitrogens with zero attached hydrogens (tertiary/aromatic N) is 1. The average Bonchev–Trinajstić information content (AvgIpc) is 2.38. The fourth-order valence-corrected chi connectivity index (χ4v) is 2.03. The molecule has 17 heavy (non-hydrogen) atoms. The van der Waals surface area contributed by atoms with E-state index in [0.29, 0.717) is 6.61 Å². The highest BCUT2D eigenvalue weighted by molar-refractivity contribution is 5.89. The first kappa shape index (κ1) is 11.9. The van der Waals surface area contributed by atoms with Gasteiger partial charge in [0.1, 0.15) is 0 Å². The topological polar surface area (TPSA) is 41.6 Å². The van der Waals surface area contributed by atoms with E-state index in [1.165, 1.54) is 0 Å². The van der Waals surface area contributed by atoms with Crippen LogP contribution in [0.15, 0.2) is 24.3 Å². The van der Waals surface area contributed by atoms with Crippen LogP contribution in [0, 0.1) is 0 Å². The van der Waals surface area contributed by atoms with Crippen molar-refractivity contribution < 1.29 is 9.53 Å². The van der Waals surface area contributed by atoms with Gasteiger partial charge in [-0.3, -0.25) is 4.90 Å². The summed E-state index contributed by atoms with van der Waals surface area (Å²) < 4.78 is 5.08. The molecule has 0 radical (unpaired) electrons. The summed E-state index contributed by atoms with van der Waals surface area (Å²) >= 11 is 0. The predicted molar refractivity (Wildman–Crippen MR) is 67.2 cm³/mol. The first-order chi connectivity index (χ1) is 8.24. The fraction of sp³-hybridized carbons (Fsp3) is 0.462. The number of amides is 1. The Balaban J connectivity index is 2.33. The molecule has 4 heteroatoms. The van der Waals surface area contributed by atoms with Gasteiger partial charge in [-0.25, -0.2) is 4.79 Å². The molecule has 1 aromatic carbocycles. The molecular formula is C13H18N2O2. The van der Waals surface area contributed by atoms with E-state index in [1.54, 1.807) is 4.90 Å². The van der Waals surface area contributed by atoms with Crippen LogP contribution in [-0.4, -0.2) is 26.3 Å². The van der Waals surface area contributed by atoms with E-state index in [4.69, 9.17) is 4.74 Å². The minimum Gasteiger partial charge on any atom is -0.449 e. The third-order valence-corrected chi connectivity index (χ3v) is 3.10. The van der Waals surface area contributed by atoms with Gasteiger partial charge < -0.3 is 10.1 Å². The highest BCUT2D eigenvalue weighted by atomic mass is 16.6. The van der Waals surface area contributed by atoms with Crippen LogP contribution < -0.4 is 10.2 Å². The van der Waals surface area contributed by atoms with Gasteiger partial charge in [-0.1, -0.05) is 18.2 Å². The molecule has 1 saturated heterocycles. The smallest absolute Gasteiger partial charge is 0.414 e. The van der Waals surface area contributed by atoms with Gasteiger partial charge in [0.25, 0.3) is 0 Å². The Labute approximate surface area is 102 Å². The number of carbonyl (C=O) groups is 1. The second-order valence-electron chi connectivity index (χ2n) is 4.19. The Hall–Kier alpha value is -1.55. The molecule has 1 atom stereocenters. The van der Waals surface area contributed by atoms with Crippen LogP contribution in [0.3, 0.4) is 0 Å². The summed E-state index contributed by atoms with van der Waals surface area (Å²) in [6, 6.07) is 8.15. The Bertz CT molecular complexity index is 406. The summed E-state index contributed by atoms with van der Waals surface area (Å²) in [4.78, 5) is 13.5. The number of hydrogen-bond donors (Lipinski definition) is 1. The van der Waals surface area contributed by atoms with Crippen LogP contribution in [0.4, 0.5) is 10.5 Å². The van der Waals surface area contributed by atoms with E-state index in [9.17, 15) is 4.79 Å². The number of hydrogen-bond acceptors (Lipinski definition) is 3. The zero-order chi connectivity index (χ0) is 12.3. The van der Waals surface area contributed by atoms with Crippen LogP contribution in [0.5, 0.6) is 0 Å². The van der Waals surface area contributed by atoms with Crippen molar-refractivity contribution >= 4 is 11.8 Å². The van der Waals surface area contributed by atoms with E-state index < -0.39 is 0 Å². The number of rotatable bonds is 3. The largest absolute Gasteiger partial charge is 0.449 e. The molecule has 0 bridgehead atoms. The Morgan fingerprint density at radius 1 is 1.41 bits per heavy atom. The van der Waals surface area contributed by atoms with Gasteiger partial charge in [0.2, 0.25) is 0 Å². The van der Waals surface area contributed by atoms with Gasteiger partial charge >= 0.3 is 6.09 Å². The normalized spacial score (nSPS) is 17.8. The minimum absolute atomic E-state index is 0.209. The second kappa shape index (κ2) is 5.19. The molecule has 0 saturated carbocycles. The highest BCUT2D eigenvalue weighted by Crippen LogP contribution is 2.27. The summed E-state index contributed by atoms with van der Waals surface area (Å²) in [5.74, 6) is 0. The minimum atomic E-state index is -0.244. The van der Waals surface area contributed by atoms with Crippen molar-refractivity contribution in [1.29, 1.82) is 0 Å². The maximum Gasteiger partial charge on any atom is 0.414 e. The van der Waals surface area contributed by atoms with E-state index in [0.717, 1.165) is 24.2 Å². The lowest BCUT2D eigenvalue weighted by molar-refractivity contribution is 0.140. The third kappa shape index (κ3) is 2.42. The molecule has 1 aliphatic rings. The first-order valence-electron chi connectivity index (χ1n) is 5.94. The molecule has 0 aromatic heterocycles. The molecular weight excluding hydrogens is 216 g/mol. The van der Waals surface area contributed by atoms with E-state index >= 15 is 0 Å². The van der Waals surface area contributed by atoms with Crippen molar-refractivity contribution in [3.05, 3.63) is 29.8 Å². The first-order valence-corrected chi connectivity index (χ1v) is 5.94. The number of nitrogens with one attached hydrogen (secondary N) is 1. The maximum atomic E-state index is 11.7. The van der Waals surface area contributed by atoms with Gasteiger partial charge in [0, 0.05) is 12.6 Å². The van der Waals surface area contributed by atoms with Gasteiger partial charge in [-0.15, -0.1) is 0 Å². The molecule has 2 rings (SSSR count). The molecule has 1 aliphatic heterocycles. The average molecular weight is 234 g/mol. The van der Waals surface area contributed by atoms with Crippen molar-refractivity contribution in [2.24, 2.45) is 0 Å². The Morgan fingerprint density at radius 3 is 2.88 bits per heavy atom. The molecule has 1 N–H and O–H groups in total. The Morgan fingerprint density at radius 2 is 2.18 bits per heavy atom. The van der Waals surface area contributed by atoms with E-state index in [-0.39, 0.29) is 12.1 Å². The van der Waals surface area contributed by atoms with Crippen molar-refractivity contribution in [1.82, 2.24) is 5.32 Å². The lowest BCUT2D eigenvalue weighted by atomic mass is 10.1. The summed E-state index contributed by atoms with van der Waals surface area (Å²) in [5.41, 5.74) is 2.06. The molecule has 1 aromatic rings. The van der Waals surface area contributed by atoms with E-state index in [1.807, 2.05) is 31.3 Å². The lowest BCUT2D eigenvalue weighted by Gasteiger charge is -2.29. The molecule has 0 spiro atoms. The summed E-state index contributed by atoms with van der Waals surface area (Å²) in [7, 11) is 1.91.